The second-order valence-corrected chi connectivity index (χ2v) is 3.76. The van der Waals surface area contributed by atoms with Crippen molar-refractivity contribution >= 4 is 5.69 Å². The molecule has 0 spiro atoms. The maximum atomic E-state index is 9.66. The van der Waals surface area contributed by atoms with E-state index in [1.54, 1.807) is 25.3 Å². The molecule has 1 aromatic carbocycles. The predicted molar refractivity (Wildman–Crippen MR) is 68.3 cm³/mol. The van der Waals surface area contributed by atoms with E-state index in [-0.39, 0.29) is 6.61 Å². The van der Waals surface area contributed by atoms with E-state index in [4.69, 9.17) is 14.7 Å². The van der Waals surface area contributed by atoms with Crippen LogP contribution in [0.3, 0.4) is 0 Å². The van der Waals surface area contributed by atoms with Crippen LogP contribution in [0, 0.1) is 11.3 Å². The molecule has 0 aromatic heterocycles. The molecule has 1 unspecified atom stereocenters. The Morgan fingerprint density at radius 3 is 2.89 bits per heavy atom. The van der Waals surface area contributed by atoms with Gasteiger partial charge in [0.2, 0.25) is 0 Å². The summed E-state index contributed by atoms with van der Waals surface area (Å²) in [4.78, 5) is 0. The Morgan fingerprint density at radius 1 is 1.39 bits per heavy atom. The minimum Gasteiger partial charge on any atom is -0.389 e. The molecule has 0 bridgehead atoms. The lowest BCUT2D eigenvalue weighted by atomic mass is 10.2. The van der Waals surface area contributed by atoms with Crippen LogP contribution in [-0.2, 0) is 9.47 Å². The van der Waals surface area contributed by atoms with E-state index in [1.165, 1.54) is 0 Å². The van der Waals surface area contributed by atoms with E-state index in [9.17, 15) is 5.11 Å². The molecule has 0 aliphatic rings. The summed E-state index contributed by atoms with van der Waals surface area (Å²) in [6.07, 6.45) is -0.617. The van der Waals surface area contributed by atoms with E-state index >= 15 is 0 Å². The Balaban J connectivity index is 2.29. The molecule has 1 aromatic rings. The highest BCUT2D eigenvalue weighted by Gasteiger charge is 2.06. The Morgan fingerprint density at radius 2 is 2.17 bits per heavy atom. The third kappa shape index (κ3) is 5.15. The van der Waals surface area contributed by atoms with Gasteiger partial charge < -0.3 is 19.9 Å². The molecule has 0 fully saturated rings. The van der Waals surface area contributed by atoms with Gasteiger partial charge in [0, 0.05) is 13.7 Å². The molecule has 1 rings (SSSR count). The second kappa shape index (κ2) is 8.48. The van der Waals surface area contributed by atoms with Crippen molar-refractivity contribution in [1.29, 1.82) is 5.26 Å². The highest BCUT2D eigenvalue weighted by Crippen LogP contribution is 2.13. The Labute approximate surface area is 107 Å². The summed E-state index contributed by atoms with van der Waals surface area (Å²) in [5, 5.41) is 21.6. The third-order valence-electron chi connectivity index (χ3n) is 2.32. The first-order valence-electron chi connectivity index (χ1n) is 5.75. The Hall–Kier alpha value is -1.61. The number of anilines is 1. The van der Waals surface area contributed by atoms with E-state index in [1.807, 2.05) is 6.07 Å². The molecule has 5 heteroatoms. The number of methoxy groups -OCH3 is 1. The molecule has 18 heavy (non-hydrogen) atoms. The minimum atomic E-state index is -0.617. The van der Waals surface area contributed by atoms with Crippen molar-refractivity contribution in [2.45, 2.75) is 6.10 Å². The number of nitrogens with one attached hydrogen (secondary N) is 1. The summed E-state index contributed by atoms with van der Waals surface area (Å²) in [6.45, 7) is 1.55. The van der Waals surface area contributed by atoms with Crippen LogP contribution < -0.4 is 5.32 Å². The largest absolute Gasteiger partial charge is 0.389 e. The number of hydrogen-bond donors (Lipinski definition) is 2. The zero-order chi connectivity index (χ0) is 13.2. The highest BCUT2D eigenvalue weighted by molar-refractivity contribution is 5.57. The summed E-state index contributed by atoms with van der Waals surface area (Å²) in [6, 6.07) is 9.25. The van der Waals surface area contributed by atoms with Gasteiger partial charge in [-0.25, -0.2) is 0 Å². The fourth-order valence-corrected chi connectivity index (χ4v) is 1.38. The van der Waals surface area contributed by atoms with Crippen molar-refractivity contribution in [3.05, 3.63) is 29.8 Å². The van der Waals surface area contributed by atoms with E-state index in [2.05, 4.69) is 11.4 Å². The summed E-state index contributed by atoms with van der Waals surface area (Å²) < 4.78 is 10.0. The average Bonchev–Trinajstić information content (AvgIpc) is 2.41. The fraction of sp³-hybridized carbons (Fsp3) is 0.462. The van der Waals surface area contributed by atoms with Gasteiger partial charge in [0.1, 0.15) is 6.07 Å². The number of para-hydroxylation sites is 1. The molecule has 98 valence electrons. The molecule has 0 radical (unpaired) electrons. The molecular weight excluding hydrogens is 232 g/mol. The lowest BCUT2D eigenvalue weighted by Crippen LogP contribution is -2.25. The van der Waals surface area contributed by atoms with E-state index in [0.29, 0.717) is 25.3 Å². The number of hydrogen-bond acceptors (Lipinski definition) is 5. The SMILES string of the molecule is COCCOCC(O)CNc1ccccc1C#N. The topological polar surface area (TPSA) is 74.5 Å². The summed E-state index contributed by atoms with van der Waals surface area (Å²) in [5.41, 5.74) is 1.28. The van der Waals surface area contributed by atoms with Crippen molar-refractivity contribution < 1.29 is 14.6 Å². The first-order chi connectivity index (χ1) is 8.77. The summed E-state index contributed by atoms with van der Waals surface area (Å²) in [7, 11) is 1.60. The summed E-state index contributed by atoms with van der Waals surface area (Å²) in [5.74, 6) is 0. The van der Waals surface area contributed by atoms with Crippen LogP contribution in [0.25, 0.3) is 0 Å². The van der Waals surface area contributed by atoms with Crippen molar-refractivity contribution in [1.82, 2.24) is 0 Å². The molecule has 2 N–H and O–H groups in total. The predicted octanol–water partition coefficient (Wildman–Crippen LogP) is 0.994. The van der Waals surface area contributed by atoms with Crippen LogP contribution in [0.4, 0.5) is 5.69 Å². The zero-order valence-electron chi connectivity index (χ0n) is 10.4. The summed E-state index contributed by atoms with van der Waals surface area (Å²) >= 11 is 0. The molecule has 0 amide bonds. The average molecular weight is 250 g/mol. The number of nitriles is 1. The lowest BCUT2D eigenvalue weighted by Gasteiger charge is -2.13. The Bertz CT molecular complexity index is 390. The molecule has 0 aliphatic carbocycles. The zero-order valence-corrected chi connectivity index (χ0v) is 10.4. The molecule has 0 saturated heterocycles. The lowest BCUT2D eigenvalue weighted by molar-refractivity contribution is 0.0182. The van der Waals surface area contributed by atoms with E-state index < -0.39 is 6.10 Å². The number of nitrogens with zero attached hydrogens (tertiary/aromatic N) is 1. The number of aliphatic hydroxyl groups excluding tert-OH is 1. The van der Waals surface area contributed by atoms with Crippen LogP contribution in [0.2, 0.25) is 0 Å². The molecule has 0 saturated carbocycles. The first kappa shape index (κ1) is 14.5. The quantitative estimate of drug-likeness (QED) is 0.673. The third-order valence-corrected chi connectivity index (χ3v) is 2.32. The normalized spacial score (nSPS) is 11.8. The molecule has 5 nitrogen and oxygen atoms in total. The first-order valence-corrected chi connectivity index (χ1v) is 5.75. The van der Waals surface area contributed by atoms with Gasteiger partial charge in [0.05, 0.1) is 37.2 Å². The molecule has 0 aliphatic heterocycles. The smallest absolute Gasteiger partial charge is 0.101 e. The number of rotatable bonds is 8. The maximum absolute atomic E-state index is 9.66. The monoisotopic (exact) mass is 250 g/mol. The van der Waals surface area contributed by atoms with E-state index in [0.717, 1.165) is 5.69 Å². The van der Waals surface area contributed by atoms with Gasteiger partial charge in [-0.3, -0.25) is 0 Å². The standard InChI is InChI=1S/C13H18N2O3/c1-17-6-7-18-10-12(16)9-15-13-5-3-2-4-11(13)8-14/h2-5,12,15-16H,6-7,9-10H2,1H3. The van der Waals surface area contributed by atoms with Crippen LogP contribution in [0.5, 0.6) is 0 Å². The number of ether oxygens (including phenoxy) is 2. The van der Waals surface area contributed by atoms with Crippen molar-refractivity contribution in [3.63, 3.8) is 0 Å². The van der Waals surface area contributed by atoms with Gasteiger partial charge >= 0.3 is 0 Å². The molecular formula is C13H18N2O3. The molecule has 0 heterocycles. The van der Waals surface area contributed by atoms with Crippen molar-refractivity contribution in [3.8, 4) is 6.07 Å². The minimum absolute atomic E-state index is 0.241. The van der Waals surface area contributed by atoms with Gasteiger partial charge in [-0.05, 0) is 12.1 Å². The Kier molecular flexibility index (Phi) is 6.81. The maximum Gasteiger partial charge on any atom is 0.101 e. The number of aliphatic hydroxyl groups is 1. The van der Waals surface area contributed by atoms with Crippen molar-refractivity contribution in [2.75, 3.05) is 38.8 Å². The van der Waals surface area contributed by atoms with Gasteiger partial charge in [0.25, 0.3) is 0 Å². The fourth-order valence-electron chi connectivity index (χ4n) is 1.38. The molecule has 1 atom stereocenters. The van der Waals surface area contributed by atoms with Crippen molar-refractivity contribution in [2.24, 2.45) is 0 Å². The van der Waals surface area contributed by atoms with Crippen LogP contribution in [0.15, 0.2) is 24.3 Å². The number of benzene rings is 1. The van der Waals surface area contributed by atoms with Gasteiger partial charge in [0.15, 0.2) is 0 Å². The van der Waals surface area contributed by atoms with Gasteiger partial charge in [-0.2, -0.15) is 5.26 Å². The van der Waals surface area contributed by atoms with Crippen LogP contribution in [0.1, 0.15) is 5.56 Å². The van der Waals surface area contributed by atoms with Crippen LogP contribution >= 0.6 is 0 Å². The highest BCUT2D eigenvalue weighted by atomic mass is 16.5. The van der Waals surface area contributed by atoms with Crippen LogP contribution in [-0.4, -0.2) is 44.7 Å². The van der Waals surface area contributed by atoms with Gasteiger partial charge in [-0.1, -0.05) is 12.1 Å². The second-order valence-electron chi connectivity index (χ2n) is 3.76. The van der Waals surface area contributed by atoms with Gasteiger partial charge in [-0.15, -0.1) is 0 Å².